The predicted octanol–water partition coefficient (Wildman–Crippen LogP) is 1.60. The molecule has 2 N–H and O–H groups in total. The maximum Gasteiger partial charge on any atom is 0.226 e. The van der Waals surface area contributed by atoms with Crippen LogP contribution in [0.5, 0.6) is 0 Å². The molecule has 0 radical (unpaired) electrons. The summed E-state index contributed by atoms with van der Waals surface area (Å²) in [4.78, 5) is 14.4. The Bertz CT molecular complexity index is 454. The molecule has 2 aliphatic rings. The highest BCUT2D eigenvalue weighted by Crippen LogP contribution is 2.30. The summed E-state index contributed by atoms with van der Waals surface area (Å²) in [5.74, 6) is 1.07. The fourth-order valence-electron chi connectivity index (χ4n) is 3.46. The van der Waals surface area contributed by atoms with Gasteiger partial charge in [0.25, 0.3) is 0 Å². The monoisotopic (exact) mass is 258 g/mol. The average molecular weight is 258 g/mol. The van der Waals surface area contributed by atoms with Crippen LogP contribution in [0.2, 0.25) is 0 Å². The third-order valence-corrected chi connectivity index (χ3v) is 4.58. The molecule has 3 rings (SSSR count). The second-order valence-corrected chi connectivity index (χ2v) is 6.19. The molecule has 1 aromatic rings. The van der Waals surface area contributed by atoms with E-state index in [1.165, 1.54) is 11.1 Å². The van der Waals surface area contributed by atoms with Crippen LogP contribution in [0.4, 0.5) is 0 Å². The van der Waals surface area contributed by atoms with Crippen LogP contribution in [-0.4, -0.2) is 30.4 Å². The molecule has 102 valence electrons. The van der Waals surface area contributed by atoms with Crippen molar-refractivity contribution in [3.05, 3.63) is 35.4 Å². The average Bonchev–Trinajstić information content (AvgIpc) is 2.79. The van der Waals surface area contributed by atoms with Crippen molar-refractivity contribution in [3.8, 4) is 0 Å². The lowest BCUT2D eigenvalue weighted by atomic mass is 9.80. The fourth-order valence-corrected chi connectivity index (χ4v) is 3.46. The van der Waals surface area contributed by atoms with E-state index in [-0.39, 0.29) is 5.92 Å². The molecule has 0 atom stereocenters. The highest BCUT2D eigenvalue weighted by molar-refractivity contribution is 5.80. The molecule has 0 aromatic heterocycles. The topological polar surface area (TPSA) is 46.3 Å². The van der Waals surface area contributed by atoms with Gasteiger partial charge in [-0.05, 0) is 42.7 Å². The number of nitrogens with two attached hydrogens (primary N) is 1. The zero-order chi connectivity index (χ0) is 13.4. The Morgan fingerprint density at radius 2 is 1.84 bits per heavy atom. The molecule has 1 aromatic carbocycles. The summed E-state index contributed by atoms with van der Waals surface area (Å²) in [6.45, 7) is 0.874. The number of hydrogen-bond donors (Lipinski definition) is 1. The third kappa shape index (κ3) is 2.52. The summed E-state index contributed by atoms with van der Waals surface area (Å²) in [6, 6.07) is 8.78. The van der Waals surface area contributed by atoms with Crippen molar-refractivity contribution in [1.29, 1.82) is 0 Å². The lowest BCUT2D eigenvalue weighted by Gasteiger charge is -2.36. The molecular formula is C16H22N2O. The van der Waals surface area contributed by atoms with E-state index in [9.17, 15) is 4.79 Å². The second-order valence-electron chi connectivity index (χ2n) is 6.19. The first kappa shape index (κ1) is 12.7. The van der Waals surface area contributed by atoms with Gasteiger partial charge in [0.2, 0.25) is 5.91 Å². The Hall–Kier alpha value is -1.35. The molecule has 0 saturated heterocycles. The molecule has 0 spiro atoms. The molecule has 3 heteroatoms. The highest BCUT2D eigenvalue weighted by atomic mass is 16.2. The maximum absolute atomic E-state index is 12.5. The molecule has 3 nitrogen and oxygen atoms in total. The van der Waals surface area contributed by atoms with Gasteiger partial charge in [-0.3, -0.25) is 4.79 Å². The summed E-state index contributed by atoms with van der Waals surface area (Å²) in [7, 11) is 1.94. The van der Waals surface area contributed by atoms with E-state index in [1.54, 1.807) is 0 Å². The summed E-state index contributed by atoms with van der Waals surface area (Å²) in [6.07, 6.45) is 3.96. The van der Waals surface area contributed by atoms with E-state index in [0.717, 1.165) is 32.2 Å². The number of nitrogens with zero attached hydrogens (tertiary/aromatic N) is 1. The Labute approximate surface area is 114 Å². The van der Waals surface area contributed by atoms with Crippen molar-refractivity contribution in [2.75, 3.05) is 13.6 Å². The Balaban J connectivity index is 1.57. The van der Waals surface area contributed by atoms with Gasteiger partial charge in [-0.2, -0.15) is 0 Å². The molecule has 1 fully saturated rings. The molecular weight excluding hydrogens is 236 g/mol. The van der Waals surface area contributed by atoms with E-state index in [4.69, 9.17) is 5.73 Å². The van der Waals surface area contributed by atoms with Crippen LogP contribution in [0.1, 0.15) is 24.0 Å². The number of carbonyl (C=O) groups is 1. The van der Waals surface area contributed by atoms with Crippen molar-refractivity contribution in [2.24, 2.45) is 17.6 Å². The highest BCUT2D eigenvalue weighted by Gasteiger charge is 2.32. The number of amides is 1. The normalized spacial score (nSPS) is 25.8. The van der Waals surface area contributed by atoms with Gasteiger partial charge in [-0.1, -0.05) is 24.3 Å². The predicted molar refractivity (Wildman–Crippen MR) is 75.7 cm³/mol. The number of fused-ring (bicyclic) bond motifs is 1. The van der Waals surface area contributed by atoms with E-state index in [0.29, 0.717) is 17.9 Å². The maximum atomic E-state index is 12.5. The van der Waals surface area contributed by atoms with Crippen molar-refractivity contribution in [3.63, 3.8) is 0 Å². The molecule has 0 bridgehead atoms. The minimum Gasteiger partial charge on any atom is -0.345 e. The SMILES string of the molecule is CN(CC1CC(N)C1)C(=O)C1Cc2ccccc2C1. The molecule has 1 saturated carbocycles. The minimum atomic E-state index is 0.149. The second kappa shape index (κ2) is 4.97. The molecule has 0 aliphatic heterocycles. The largest absolute Gasteiger partial charge is 0.345 e. The first-order chi connectivity index (χ1) is 9.13. The number of benzene rings is 1. The summed E-state index contributed by atoms with van der Waals surface area (Å²) < 4.78 is 0. The van der Waals surface area contributed by atoms with Crippen LogP contribution in [-0.2, 0) is 17.6 Å². The van der Waals surface area contributed by atoms with E-state index >= 15 is 0 Å². The molecule has 19 heavy (non-hydrogen) atoms. The summed E-state index contributed by atoms with van der Waals surface area (Å²) >= 11 is 0. The van der Waals surface area contributed by atoms with E-state index < -0.39 is 0 Å². The Morgan fingerprint density at radius 3 is 2.37 bits per heavy atom. The van der Waals surface area contributed by atoms with Crippen LogP contribution >= 0.6 is 0 Å². The molecule has 1 amide bonds. The lowest BCUT2D eigenvalue weighted by Crippen LogP contribution is -2.44. The van der Waals surface area contributed by atoms with Crippen LogP contribution < -0.4 is 5.73 Å². The van der Waals surface area contributed by atoms with Crippen LogP contribution in [0.15, 0.2) is 24.3 Å². The van der Waals surface area contributed by atoms with Crippen molar-refractivity contribution in [2.45, 2.75) is 31.7 Å². The fraction of sp³-hybridized carbons (Fsp3) is 0.562. The summed E-state index contributed by atoms with van der Waals surface area (Å²) in [5.41, 5.74) is 8.49. The molecule has 0 heterocycles. The number of carbonyl (C=O) groups excluding carboxylic acids is 1. The lowest BCUT2D eigenvalue weighted by molar-refractivity contribution is -0.134. The van der Waals surface area contributed by atoms with Gasteiger partial charge in [-0.15, -0.1) is 0 Å². The Kier molecular flexibility index (Phi) is 3.31. The first-order valence-electron chi connectivity index (χ1n) is 7.21. The minimum absolute atomic E-state index is 0.149. The van der Waals surface area contributed by atoms with Gasteiger partial charge >= 0.3 is 0 Å². The zero-order valence-electron chi connectivity index (χ0n) is 11.5. The van der Waals surface area contributed by atoms with E-state index in [2.05, 4.69) is 24.3 Å². The van der Waals surface area contributed by atoms with Crippen LogP contribution in [0.25, 0.3) is 0 Å². The molecule has 0 unspecified atom stereocenters. The van der Waals surface area contributed by atoms with Crippen molar-refractivity contribution >= 4 is 5.91 Å². The van der Waals surface area contributed by atoms with Gasteiger partial charge in [0.1, 0.15) is 0 Å². The standard InChI is InChI=1S/C16H22N2O/c1-18(10-11-6-15(17)7-11)16(19)14-8-12-4-2-3-5-13(12)9-14/h2-5,11,14-15H,6-10,17H2,1H3. The molecule has 2 aliphatic carbocycles. The smallest absolute Gasteiger partial charge is 0.226 e. The number of hydrogen-bond acceptors (Lipinski definition) is 2. The zero-order valence-corrected chi connectivity index (χ0v) is 11.5. The number of rotatable bonds is 3. The van der Waals surface area contributed by atoms with Crippen molar-refractivity contribution in [1.82, 2.24) is 4.90 Å². The van der Waals surface area contributed by atoms with E-state index in [1.807, 2.05) is 11.9 Å². The van der Waals surface area contributed by atoms with Gasteiger partial charge in [-0.25, -0.2) is 0 Å². The van der Waals surface area contributed by atoms with Gasteiger partial charge in [0, 0.05) is 25.6 Å². The van der Waals surface area contributed by atoms with Gasteiger partial charge in [0.05, 0.1) is 0 Å². The third-order valence-electron chi connectivity index (χ3n) is 4.58. The van der Waals surface area contributed by atoms with Gasteiger partial charge < -0.3 is 10.6 Å². The first-order valence-corrected chi connectivity index (χ1v) is 7.21. The van der Waals surface area contributed by atoms with Crippen molar-refractivity contribution < 1.29 is 4.79 Å². The summed E-state index contributed by atoms with van der Waals surface area (Å²) in [5, 5.41) is 0. The van der Waals surface area contributed by atoms with Crippen LogP contribution in [0, 0.1) is 11.8 Å². The quantitative estimate of drug-likeness (QED) is 0.895. The van der Waals surface area contributed by atoms with Gasteiger partial charge in [0.15, 0.2) is 0 Å². The van der Waals surface area contributed by atoms with Crippen LogP contribution in [0.3, 0.4) is 0 Å². The Morgan fingerprint density at radius 1 is 1.26 bits per heavy atom.